The van der Waals surface area contributed by atoms with Crippen molar-refractivity contribution in [3.8, 4) is 11.1 Å². The van der Waals surface area contributed by atoms with Crippen LogP contribution in [0.2, 0.25) is 0 Å². The van der Waals surface area contributed by atoms with Crippen molar-refractivity contribution in [2.45, 2.75) is 58.2 Å². The zero-order valence-electron chi connectivity index (χ0n) is 22.5. The van der Waals surface area contributed by atoms with Gasteiger partial charge in [-0.25, -0.2) is 4.98 Å². The molecular weight excluding hydrogens is 482 g/mol. The van der Waals surface area contributed by atoms with E-state index >= 15 is 0 Å². The third-order valence-electron chi connectivity index (χ3n) is 7.36. The Morgan fingerprint density at radius 2 is 2.03 bits per heavy atom. The molecular formula is C28H39N7O3. The summed E-state index contributed by atoms with van der Waals surface area (Å²) in [5.41, 5.74) is 4.15. The van der Waals surface area contributed by atoms with Gasteiger partial charge < -0.3 is 25.8 Å². The number of carbonyl (C=O) groups excluding carboxylic acids is 1. The Labute approximate surface area is 223 Å². The highest BCUT2D eigenvalue weighted by Crippen LogP contribution is 2.29. The Morgan fingerprint density at radius 3 is 2.71 bits per heavy atom. The molecule has 3 aromatic rings. The molecule has 2 atom stereocenters. The van der Waals surface area contributed by atoms with Crippen LogP contribution in [0.1, 0.15) is 49.0 Å². The summed E-state index contributed by atoms with van der Waals surface area (Å²) in [5, 5.41) is 24.9. The van der Waals surface area contributed by atoms with E-state index in [4.69, 9.17) is 9.72 Å². The van der Waals surface area contributed by atoms with E-state index in [2.05, 4.69) is 25.9 Å². The lowest BCUT2D eigenvalue weighted by Crippen LogP contribution is -2.39. The molecule has 0 radical (unpaired) electrons. The second-order valence-corrected chi connectivity index (χ2v) is 10.4. The number of morpholine rings is 1. The molecule has 204 valence electrons. The van der Waals surface area contributed by atoms with Crippen LogP contribution in [0.4, 0.5) is 11.6 Å². The fourth-order valence-corrected chi connectivity index (χ4v) is 4.86. The number of hydrogen-bond donors (Lipinski definition) is 4. The van der Waals surface area contributed by atoms with Crippen molar-refractivity contribution in [3.63, 3.8) is 0 Å². The minimum atomic E-state index is -0.517. The van der Waals surface area contributed by atoms with Gasteiger partial charge in [0.15, 0.2) is 5.65 Å². The van der Waals surface area contributed by atoms with Crippen molar-refractivity contribution in [1.82, 2.24) is 24.8 Å². The zero-order valence-corrected chi connectivity index (χ0v) is 22.5. The molecule has 4 N–H and O–H groups in total. The predicted molar refractivity (Wildman–Crippen MR) is 149 cm³/mol. The van der Waals surface area contributed by atoms with Crippen molar-refractivity contribution in [3.05, 3.63) is 41.6 Å². The van der Waals surface area contributed by atoms with E-state index in [9.17, 15) is 9.90 Å². The van der Waals surface area contributed by atoms with Crippen LogP contribution in [0.3, 0.4) is 0 Å². The minimum absolute atomic E-state index is 0.0171. The zero-order chi connectivity index (χ0) is 26.6. The minimum Gasteiger partial charge on any atom is -0.391 e. The molecule has 1 saturated heterocycles. The monoisotopic (exact) mass is 521 g/mol. The van der Waals surface area contributed by atoms with Crippen LogP contribution < -0.4 is 16.0 Å². The van der Waals surface area contributed by atoms with Gasteiger partial charge in [-0.3, -0.25) is 9.69 Å². The largest absolute Gasteiger partial charge is 0.391 e. The van der Waals surface area contributed by atoms with Gasteiger partial charge >= 0.3 is 0 Å². The molecule has 0 spiro atoms. The van der Waals surface area contributed by atoms with Gasteiger partial charge in [-0.1, -0.05) is 19.1 Å². The highest BCUT2D eigenvalue weighted by atomic mass is 16.5. The molecule has 1 saturated carbocycles. The molecule has 1 aliphatic heterocycles. The Kier molecular flexibility index (Phi) is 8.11. The maximum atomic E-state index is 12.6. The normalized spacial score (nSPS) is 17.8. The average molecular weight is 522 g/mol. The number of ether oxygens (including phenoxy) is 1. The third kappa shape index (κ3) is 6.09. The van der Waals surface area contributed by atoms with Crippen molar-refractivity contribution in [2.24, 2.45) is 0 Å². The summed E-state index contributed by atoms with van der Waals surface area (Å²) in [5.74, 6) is 1.49. The molecule has 2 aromatic heterocycles. The molecule has 0 bridgehead atoms. The number of benzene rings is 1. The molecule has 1 aliphatic carbocycles. The molecule has 5 rings (SSSR count). The number of nitrogens with one attached hydrogen (secondary N) is 3. The smallest absolute Gasteiger partial charge is 0.251 e. The maximum absolute atomic E-state index is 12.6. The molecule has 2 fully saturated rings. The van der Waals surface area contributed by atoms with E-state index in [-0.39, 0.29) is 11.9 Å². The maximum Gasteiger partial charge on any atom is 0.251 e. The fraction of sp³-hybridized carbons (Fsp3) is 0.536. The lowest BCUT2D eigenvalue weighted by atomic mass is 10.0. The number of amides is 1. The number of carbonyl (C=O) groups is 1. The van der Waals surface area contributed by atoms with E-state index in [0.717, 1.165) is 81.2 Å². The highest BCUT2D eigenvalue weighted by molar-refractivity contribution is 5.97. The average Bonchev–Trinajstić information content (AvgIpc) is 3.62. The van der Waals surface area contributed by atoms with Crippen LogP contribution >= 0.6 is 0 Å². The predicted octanol–water partition coefficient (Wildman–Crippen LogP) is 2.91. The molecule has 10 heteroatoms. The van der Waals surface area contributed by atoms with Crippen molar-refractivity contribution >= 4 is 23.2 Å². The number of hydrogen-bond acceptors (Lipinski definition) is 8. The van der Waals surface area contributed by atoms with E-state index in [1.807, 2.05) is 48.8 Å². The van der Waals surface area contributed by atoms with E-state index in [1.165, 1.54) is 0 Å². The van der Waals surface area contributed by atoms with Gasteiger partial charge in [0, 0.05) is 49.4 Å². The van der Waals surface area contributed by atoms with Crippen LogP contribution in [-0.4, -0.2) is 88.1 Å². The molecule has 1 aromatic carbocycles. The molecule has 2 aliphatic rings. The summed E-state index contributed by atoms with van der Waals surface area (Å²) >= 11 is 0. The first-order valence-electron chi connectivity index (χ1n) is 13.7. The van der Waals surface area contributed by atoms with Crippen molar-refractivity contribution < 1.29 is 14.6 Å². The number of fused-ring (bicyclic) bond motifs is 1. The van der Waals surface area contributed by atoms with Gasteiger partial charge in [0.1, 0.15) is 11.6 Å². The first-order chi connectivity index (χ1) is 18.4. The number of aryl methyl sites for hydroxylation is 1. The van der Waals surface area contributed by atoms with Gasteiger partial charge in [0.05, 0.1) is 31.6 Å². The number of rotatable bonds is 11. The van der Waals surface area contributed by atoms with Crippen LogP contribution in [-0.2, 0) is 4.74 Å². The number of nitrogens with zero attached hydrogens (tertiary/aromatic N) is 4. The number of anilines is 2. The van der Waals surface area contributed by atoms with E-state index in [0.29, 0.717) is 23.1 Å². The van der Waals surface area contributed by atoms with Crippen LogP contribution in [0.15, 0.2) is 30.5 Å². The quantitative estimate of drug-likeness (QED) is 0.304. The summed E-state index contributed by atoms with van der Waals surface area (Å²) in [6.07, 6.45) is 4.19. The van der Waals surface area contributed by atoms with Crippen LogP contribution in [0.5, 0.6) is 0 Å². The van der Waals surface area contributed by atoms with Gasteiger partial charge in [0.2, 0.25) is 0 Å². The number of aromatic nitrogens is 3. The molecule has 3 heterocycles. The van der Waals surface area contributed by atoms with Gasteiger partial charge in [-0.2, -0.15) is 9.61 Å². The highest BCUT2D eigenvalue weighted by Gasteiger charge is 2.25. The lowest BCUT2D eigenvalue weighted by Gasteiger charge is -2.26. The summed E-state index contributed by atoms with van der Waals surface area (Å²) in [4.78, 5) is 19.9. The molecule has 10 nitrogen and oxygen atoms in total. The van der Waals surface area contributed by atoms with E-state index in [1.54, 1.807) is 6.92 Å². The number of aliphatic hydroxyl groups excluding tert-OH is 1. The topological polar surface area (TPSA) is 116 Å². The Morgan fingerprint density at radius 1 is 1.24 bits per heavy atom. The summed E-state index contributed by atoms with van der Waals surface area (Å²) in [6, 6.07) is 8.02. The Hall–Kier alpha value is -3.21. The van der Waals surface area contributed by atoms with Gasteiger partial charge in [-0.05, 0) is 50.3 Å². The second kappa shape index (κ2) is 11.7. The Bertz CT molecular complexity index is 1260. The van der Waals surface area contributed by atoms with Crippen LogP contribution in [0.25, 0.3) is 16.8 Å². The van der Waals surface area contributed by atoms with Crippen LogP contribution in [0, 0.1) is 6.92 Å². The summed E-state index contributed by atoms with van der Waals surface area (Å²) in [7, 11) is 0. The molecule has 38 heavy (non-hydrogen) atoms. The van der Waals surface area contributed by atoms with Crippen molar-refractivity contribution in [2.75, 3.05) is 50.0 Å². The standard InChI is InChI=1S/C28H39N7O3/c1-4-24(19(3)36)32-25-16-26(29-9-10-34-11-13-38-14-12-34)35-27(33-25)23(17-30-35)20-5-8-22(18(2)15-20)28(37)31-21-6-7-21/h5,8,15-17,19,21,24,29,36H,4,6-7,9-14H2,1-3H3,(H,31,37)(H,32,33)/t19-,24-/m0/s1. The Balaban J connectivity index is 1.44. The second-order valence-electron chi connectivity index (χ2n) is 10.4. The molecule has 1 amide bonds. The van der Waals surface area contributed by atoms with Gasteiger partial charge in [-0.15, -0.1) is 0 Å². The van der Waals surface area contributed by atoms with E-state index < -0.39 is 6.10 Å². The third-order valence-corrected chi connectivity index (χ3v) is 7.36. The summed E-state index contributed by atoms with van der Waals surface area (Å²) < 4.78 is 7.29. The number of aliphatic hydroxyl groups is 1. The van der Waals surface area contributed by atoms with Crippen molar-refractivity contribution in [1.29, 1.82) is 0 Å². The SMILES string of the molecule is CC[C@H](Nc1cc(NCCN2CCOCC2)n2ncc(-c3ccc(C(=O)NC4CC4)c(C)c3)c2n1)[C@H](C)O. The summed E-state index contributed by atoms with van der Waals surface area (Å²) in [6.45, 7) is 10.9. The van der Waals surface area contributed by atoms with Gasteiger partial charge in [0.25, 0.3) is 5.91 Å². The molecule has 0 unspecified atom stereocenters. The fourth-order valence-electron chi connectivity index (χ4n) is 4.86. The first-order valence-corrected chi connectivity index (χ1v) is 13.7. The first kappa shape index (κ1) is 26.4. The lowest BCUT2D eigenvalue weighted by molar-refractivity contribution is 0.0398.